The molecule has 23 heavy (non-hydrogen) atoms. The Morgan fingerprint density at radius 1 is 0.696 bits per heavy atom. The molecule has 3 aromatic rings. The molecule has 0 radical (unpaired) electrons. The van der Waals surface area contributed by atoms with Gasteiger partial charge in [0, 0.05) is 11.1 Å². The molecular formula is C18H15ClN2O2. The number of hydrogen-bond donors (Lipinski definition) is 2. The van der Waals surface area contributed by atoms with Crippen molar-refractivity contribution in [3.63, 3.8) is 0 Å². The summed E-state index contributed by atoms with van der Waals surface area (Å²) in [5, 5.41) is 18.7. The van der Waals surface area contributed by atoms with E-state index in [0.29, 0.717) is 16.4 Å². The minimum Gasteiger partial charge on any atom is -0.392 e. The summed E-state index contributed by atoms with van der Waals surface area (Å²) in [5.74, 6) is 0. The van der Waals surface area contributed by atoms with Crippen LogP contribution in [0, 0.1) is 0 Å². The lowest BCUT2D eigenvalue weighted by molar-refractivity contribution is 0.281. The van der Waals surface area contributed by atoms with Crippen LogP contribution < -0.4 is 0 Å². The number of benzene rings is 2. The van der Waals surface area contributed by atoms with Gasteiger partial charge in [-0.05, 0) is 11.1 Å². The van der Waals surface area contributed by atoms with E-state index in [1.807, 2.05) is 48.5 Å². The first-order chi connectivity index (χ1) is 11.2. The summed E-state index contributed by atoms with van der Waals surface area (Å²) in [5.41, 5.74) is 4.68. The summed E-state index contributed by atoms with van der Waals surface area (Å²) in [6, 6.07) is 14.8. The molecule has 0 bridgehead atoms. The molecule has 2 N–H and O–H groups in total. The van der Waals surface area contributed by atoms with Crippen LogP contribution in [0.1, 0.15) is 11.1 Å². The number of aliphatic hydroxyl groups excluding tert-OH is 2. The molecule has 0 unspecified atom stereocenters. The number of aliphatic hydroxyl groups is 2. The van der Waals surface area contributed by atoms with Gasteiger partial charge < -0.3 is 10.2 Å². The molecule has 3 rings (SSSR count). The van der Waals surface area contributed by atoms with E-state index >= 15 is 0 Å². The summed E-state index contributed by atoms with van der Waals surface area (Å²) < 4.78 is 0. The molecule has 116 valence electrons. The molecule has 0 fully saturated rings. The van der Waals surface area contributed by atoms with Gasteiger partial charge in [0.05, 0.1) is 29.6 Å². The Labute approximate surface area is 139 Å². The van der Waals surface area contributed by atoms with Crippen molar-refractivity contribution in [1.82, 2.24) is 9.97 Å². The first kappa shape index (κ1) is 15.6. The van der Waals surface area contributed by atoms with Gasteiger partial charge in [-0.1, -0.05) is 60.1 Å². The molecule has 0 spiro atoms. The van der Waals surface area contributed by atoms with Crippen LogP contribution in [0.15, 0.2) is 54.9 Å². The fourth-order valence-corrected chi connectivity index (χ4v) is 2.62. The third-order valence-corrected chi connectivity index (χ3v) is 3.97. The van der Waals surface area contributed by atoms with Gasteiger partial charge in [0.1, 0.15) is 6.33 Å². The average molecular weight is 327 g/mol. The highest BCUT2D eigenvalue weighted by Crippen LogP contribution is 2.33. The quantitative estimate of drug-likeness (QED) is 0.770. The van der Waals surface area contributed by atoms with E-state index in [2.05, 4.69) is 9.97 Å². The van der Waals surface area contributed by atoms with Crippen LogP contribution in [0.25, 0.3) is 22.5 Å². The van der Waals surface area contributed by atoms with Crippen LogP contribution in [0.2, 0.25) is 5.02 Å². The van der Waals surface area contributed by atoms with Gasteiger partial charge in [-0.15, -0.1) is 0 Å². The van der Waals surface area contributed by atoms with Gasteiger partial charge in [0.25, 0.3) is 0 Å². The van der Waals surface area contributed by atoms with Crippen LogP contribution in [-0.4, -0.2) is 20.2 Å². The summed E-state index contributed by atoms with van der Waals surface area (Å²) in [4.78, 5) is 8.56. The number of aromatic nitrogens is 2. The molecule has 0 aliphatic rings. The maximum absolute atomic E-state index is 9.12. The molecule has 2 aromatic carbocycles. The lowest BCUT2D eigenvalue weighted by Crippen LogP contribution is -1.93. The van der Waals surface area contributed by atoms with Crippen LogP contribution >= 0.6 is 11.6 Å². The van der Waals surface area contributed by atoms with Gasteiger partial charge in [-0.3, -0.25) is 0 Å². The highest BCUT2D eigenvalue weighted by atomic mass is 35.5. The number of nitrogens with zero attached hydrogens (tertiary/aromatic N) is 2. The van der Waals surface area contributed by atoms with Crippen LogP contribution in [0.4, 0.5) is 0 Å². The molecule has 5 heteroatoms. The third-order valence-electron chi connectivity index (χ3n) is 3.61. The minimum atomic E-state index is 0.000240. The molecule has 0 amide bonds. The minimum absolute atomic E-state index is 0.000240. The normalized spacial score (nSPS) is 10.7. The fourth-order valence-electron chi connectivity index (χ4n) is 2.31. The number of hydrogen-bond acceptors (Lipinski definition) is 4. The van der Waals surface area contributed by atoms with E-state index in [1.165, 1.54) is 6.33 Å². The maximum atomic E-state index is 9.12. The van der Waals surface area contributed by atoms with E-state index in [4.69, 9.17) is 21.8 Å². The number of rotatable bonds is 4. The monoisotopic (exact) mass is 326 g/mol. The second kappa shape index (κ2) is 6.87. The molecular weight excluding hydrogens is 312 g/mol. The summed E-state index contributed by atoms with van der Waals surface area (Å²) in [6.45, 7) is 0.000480. The molecule has 0 saturated carbocycles. The second-order valence-electron chi connectivity index (χ2n) is 5.09. The Morgan fingerprint density at radius 3 is 1.43 bits per heavy atom. The number of halogens is 1. The Balaban J connectivity index is 2.02. The summed E-state index contributed by atoms with van der Waals surface area (Å²) in [7, 11) is 0. The van der Waals surface area contributed by atoms with Crippen molar-refractivity contribution in [2.75, 3.05) is 0 Å². The van der Waals surface area contributed by atoms with Crippen LogP contribution in [0.5, 0.6) is 0 Å². The van der Waals surface area contributed by atoms with E-state index in [1.54, 1.807) is 0 Å². The van der Waals surface area contributed by atoms with Gasteiger partial charge >= 0.3 is 0 Å². The Kier molecular flexibility index (Phi) is 4.67. The Bertz CT molecular complexity index is 737. The molecule has 1 heterocycles. The molecule has 0 atom stereocenters. The van der Waals surface area contributed by atoms with Gasteiger partial charge in [-0.25, -0.2) is 9.97 Å². The zero-order valence-corrected chi connectivity index (χ0v) is 13.0. The zero-order valence-electron chi connectivity index (χ0n) is 12.3. The predicted molar refractivity (Wildman–Crippen MR) is 89.8 cm³/mol. The van der Waals surface area contributed by atoms with Crippen LogP contribution in [-0.2, 0) is 13.2 Å². The van der Waals surface area contributed by atoms with E-state index in [-0.39, 0.29) is 13.2 Å². The van der Waals surface area contributed by atoms with E-state index < -0.39 is 0 Å². The van der Waals surface area contributed by atoms with Crippen molar-refractivity contribution in [1.29, 1.82) is 0 Å². The fraction of sp³-hybridized carbons (Fsp3) is 0.111. The van der Waals surface area contributed by atoms with Gasteiger partial charge in [0.15, 0.2) is 0 Å². The highest BCUT2D eigenvalue weighted by molar-refractivity contribution is 6.35. The Hall–Kier alpha value is -2.27. The van der Waals surface area contributed by atoms with Crippen molar-refractivity contribution in [2.45, 2.75) is 13.2 Å². The lowest BCUT2D eigenvalue weighted by Gasteiger charge is -2.09. The van der Waals surface area contributed by atoms with E-state index in [0.717, 1.165) is 22.3 Å². The van der Waals surface area contributed by atoms with Crippen LogP contribution in [0.3, 0.4) is 0 Å². The largest absolute Gasteiger partial charge is 0.392 e. The smallest absolute Gasteiger partial charge is 0.116 e. The molecule has 0 aliphatic heterocycles. The van der Waals surface area contributed by atoms with Crippen molar-refractivity contribution in [3.05, 3.63) is 71.0 Å². The molecule has 4 nitrogen and oxygen atoms in total. The van der Waals surface area contributed by atoms with Crippen molar-refractivity contribution < 1.29 is 10.2 Å². The van der Waals surface area contributed by atoms with Crippen molar-refractivity contribution in [3.8, 4) is 22.5 Å². The standard InChI is InChI=1S/C18H15ClN2O2/c19-16-17(14-5-1-12(9-22)2-6-14)20-11-21-18(16)15-7-3-13(10-23)4-8-15/h1-8,11,22-23H,9-10H2. The van der Waals surface area contributed by atoms with E-state index in [9.17, 15) is 0 Å². The topological polar surface area (TPSA) is 66.2 Å². The predicted octanol–water partition coefficient (Wildman–Crippen LogP) is 3.45. The second-order valence-corrected chi connectivity index (χ2v) is 5.47. The highest BCUT2D eigenvalue weighted by Gasteiger charge is 2.12. The zero-order chi connectivity index (χ0) is 16.2. The lowest BCUT2D eigenvalue weighted by atomic mass is 10.1. The molecule has 1 aromatic heterocycles. The molecule has 0 aliphatic carbocycles. The first-order valence-corrected chi connectivity index (χ1v) is 7.51. The summed E-state index contributed by atoms with van der Waals surface area (Å²) in [6.07, 6.45) is 1.48. The maximum Gasteiger partial charge on any atom is 0.116 e. The first-order valence-electron chi connectivity index (χ1n) is 7.13. The summed E-state index contributed by atoms with van der Waals surface area (Å²) >= 11 is 6.50. The third kappa shape index (κ3) is 3.24. The van der Waals surface area contributed by atoms with Crippen molar-refractivity contribution >= 4 is 11.6 Å². The van der Waals surface area contributed by atoms with Gasteiger partial charge in [0.2, 0.25) is 0 Å². The Morgan fingerprint density at radius 2 is 1.09 bits per heavy atom. The van der Waals surface area contributed by atoms with Gasteiger partial charge in [-0.2, -0.15) is 0 Å². The van der Waals surface area contributed by atoms with Crippen molar-refractivity contribution in [2.24, 2.45) is 0 Å². The average Bonchev–Trinajstić information content (AvgIpc) is 2.62. The molecule has 0 saturated heterocycles. The SMILES string of the molecule is OCc1ccc(-c2ncnc(-c3ccc(CO)cc3)c2Cl)cc1.